The van der Waals surface area contributed by atoms with Crippen molar-refractivity contribution >= 4 is 23.5 Å². The van der Waals surface area contributed by atoms with Crippen molar-refractivity contribution in [3.05, 3.63) is 71.8 Å². The molecule has 0 saturated heterocycles. The van der Waals surface area contributed by atoms with Gasteiger partial charge >= 0.3 is 0 Å². The summed E-state index contributed by atoms with van der Waals surface area (Å²) in [7, 11) is 0. The molecule has 0 aliphatic rings. The van der Waals surface area contributed by atoms with Crippen molar-refractivity contribution in [3.8, 4) is 0 Å². The summed E-state index contributed by atoms with van der Waals surface area (Å²) in [6.45, 7) is 0. The van der Waals surface area contributed by atoms with Crippen LogP contribution in [-0.2, 0) is 0 Å². The summed E-state index contributed by atoms with van der Waals surface area (Å²) in [4.78, 5) is 0. The van der Waals surface area contributed by atoms with Crippen LogP contribution in [0.3, 0.4) is 0 Å². The van der Waals surface area contributed by atoms with Gasteiger partial charge in [-0.1, -0.05) is 48.6 Å². The van der Waals surface area contributed by atoms with E-state index >= 15 is 0 Å². The van der Waals surface area contributed by atoms with Gasteiger partial charge in [0.15, 0.2) is 0 Å². The summed E-state index contributed by atoms with van der Waals surface area (Å²) in [6, 6.07) is 15.5. The van der Waals surface area contributed by atoms with Crippen molar-refractivity contribution in [2.75, 3.05) is 11.5 Å². The second-order valence-electron chi connectivity index (χ2n) is 4.06. The Morgan fingerprint density at radius 2 is 1.11 bits per heavy atom. The smallest absolute Gasteiger partial charge is 0.0319 e. The number of allylic oxidation sites excluding steroid dienone is 2. The number of nitrogens with two attached hydrogens (primary N) is 2. The first-order valence-corrected chi connectivity index (χ1v) is 5.80. The van der Waals surface area contributed by atoms with Crippen LogP contribution in [-0.4, -0.2) is 0 Å². The van der Waals surface area contributed by atoms with E-state index < -0.39 is 0 Å². The first-order chi connectivity index (χ1) is 8.74. The fraction of sp³-hybridized carbons (Fsp3) is 0. The van der Waals surface area contributed by atoms with Gasteiger partial charge < -0.3 is 11.5 Å². The Bertz CT molecular complexity index is 530. The topological polar surface area (TPSA) is 52.0 Å². The molecule has 0 bridgehead atoms. The van der Waals surface area contributed by atoms with Gasteiger partial charge in [0.05, 0.1) is 0 Å². The molecule has 0 radical (unpaired) electrons. The maximum atomic E-state index is 5.70. The third kappa shape index (κ3) is 3.52. The molecule has 0 atom stereocenters. The predicted molar refractivity (Wildman–Crippen MR) is 79.8 cm³/mol. The summed E-state index contributed by atoms with van der Waals surface area (Å²) in [5.74, 6) is 0. The second kappa shape index (κ2) is 5.73. The lowest BCUT2D eigenvalue weighted by Crippen LogP contribution is -1.83. The second-order valence-corrected chi connectivity index (χ2v) is 4.06. The first kappa shape index (κ1) is 12.0. The molecule has 2 aromatic carbocycles. The molecular weight excluding hydrogens is 220 g/mol. The van der Waals surface area contributed by atoms with Crippen LogP contribution in [0.5, 0.6) is 0 Å². The molecule has 2 nitrogen and oxygen atoms in total. The van der Waals surface area contributed by atoms with Crippen LogP contribution < -0.4 is 11.5 Å². The number of hydrogen-bond donors (Lipinski definition) is 2. The Hall–Kier alpha value is -2.48. The SMILES string of the molecule is Nc1cccc(/C=C/C=C/c2cccc(N)c2)c1. The Morgan fingerprint density at radius 1 is 0.667 bits per heavy atom. The van der Waals surface area contributed by atoms with E-state index in [1.165, 1.54) is 0 Å². The average Bonchev–Trinajstić information content (AvgIpc) is 2.35. The molecule has 0 spiro atoms. The molecule has 0 unspecified atom stereocenters. The van der Waals surface area contributed by atoms with Gasteiger partial charge in [0.25, 0.3) is 0 Å². The summed E-state index contributed by atoms with van der Waals surface area (Å²) in [5, 5.41) is 0. The van der Waals surface area contributed by atoms with E-state index in [2.05, 4.69) is 0 Å². The molecule has 0 amide bonds. The molecule has 0 fully saturated rings. The van der Waals surface area contributed by atoms with Gasteiger partial charge in [-0.3, -0.25) is 0 Å². The van der Waals surface area contributed by atoms with Crippen LogP contribution in [0.1, 0.15) is 11.1 Å². The van der Waals surface area contributed by atoms with Crippen LogP contribution in [0.4, 0.5) is 11.4 Å². The largest absolute Gasteiger partial charge is 0.399 e. The molecule has 2 heteroatoms. The van der Waals surface area contributed by atoms with Crippen molar-refractivity contribution in [1.29, 1.82) is 0 Å². The van der Waals surface area contributed by atoms with Crippen molar-refractivity contribution in [2.24, 2.45) is 0 Å². The minimum absolute atomic E-state index is 0.775. The average molecular weight is 236 g/mol. The van der Waals surface area contributed by atoms with Crippen LogP contribution >= 0.6 is 0 Å². The van der Waals surface area contributed by atoms with E-state index in [1.807, 2.05) is 72.8 Å². The zero-order chi connectivity index (χ0) is 12.8. The van der Waals surface area contributed by atoms with Crippen molar-refractivity contribution in [3.63, 3.8) is 0 Å². The van der Waals surface area contributed by atoms with Crippen LogP contribution in [0, 0.1) is 0 Å². The van der Waals surface area contributed by atoms with Crippen molar-refractivity contribution in [1.82, 2.24) is 0 Å². The number of anilines is 2. The molecule has 2 aromatic rings. The van der Waals surface area contributed by atoms with Gasteiger partial charge in [-0.2, -0.15) is 0 Å². The van der Waals surface area contributed by atoms with E-state index in [-0.39, 0.29) is 0 Å². The maximum absolute atomic E-state index is 5.70. The van der Waals surface area contributed by atoms with Gasteiger partial charge in [-0.25, -0.2) is 0 Å². The minimum Gasteiger partial charge on any atom is -0.399 e. The third-order valence-electron chi connectivity index (χ3n) is 2.51. The molecule has 0 saturated carbocycles. The summed E-state index contributed by atoms with van der Waals surface area (Å²) in [6.07, 6.45) is 7.99. The lowest BCUT2D eigenvalue weighted by atomic mass is 10.1. The number of hydrogen-bond acceptors (Lipinski definition) is 2. The number of rotatable bonds is 3. The molecule has 18 heavy (non-hydrogen) atoms. The van der Waals surface area contributed by atoms with Gasteiger partial charge in [0, 0.05) is 11.4 Å². The van der Waals surface area contributed by atoms with E-state index in [0.717, 1.165) is 22.5 Å². The Kier molecular flexibility index (Phi) is 3.82. The summed E-state index contributed by atoms with van der Waals surface area (Å²) in [5.41, 5.74) is 15.1. The van der Waals surface area contributed by atoms with Gasteiger partial charge in [-0.05, 0) is 35.4 Å². The van der Waals surface area contributed by atoms with Crippen LogP contribution in [0.2, 0.25) is 0 Å². The van der Waals surface area contributed by atoms with Gasteiger partial charge in [0.2, 0.25) is 0 Å². The van der Waals surface area contributed by atoms with Crippen molar-refractivity contribution in [2.45, 2.75) is 0 Å². The molecule has 90 valence electrons. The molecule has 0 aromatic heterocycles. The zero-order valence-corrected chi connectivity index (χ0v) is 10.1. The maximum Gasteiger partial charge on any atom is 0.0319 e. The summed E-state index contributed by atoms with van der Waals surface area (Å²) >= 11 is 0. The fourth-order valence-corrected chi connectivity index (χ4v) is 1.66. The van der Waals surface area contributed by atoms with E-state index in [4.69, 9.17) is 11.5 Å². The third-order valence-corrected chi connectivity index (χ3v) is 2.51. The van der Waals surface area contributed by atoms with E-state index in [1.54, 1.807) is 0 Å². The Morgan fingerprint density at radius 3 is 1.50 bits per heavy atom. The fourth-order valence-electron chi connectivity index (χ4n) is 1.66. The minimum atomic E-state index is 0.775. The first-order valence-electron chi connectivity index (χ1n) is 5.80. The monoisotopic (exact) mass is 236 g/mol. The Balaban J connectivity index is 2.03. The summed E-state index contributed by atoms with van der Waals surface area (Å²) < 4.78 is 0. The molecule has 4 N–H and O–H groups in total. The van der Waals surface area contributed by atoms with Gasteiger partial charge in [0.1, 0.15) is 0 Å². The highest BCUT2D eigenvalue weighted by molar-refractivity contribution is 5.61. The van der Waals surface area contributed by atoms with E-state index in [0.29, 0.717) is 0 Å². The highest BCUT2D eigenvalue weighted by Crippen LogP contribution is 2.10. The quantitative estimate of drug-likeness (QED) is 0.632. The number of benzene rings is 2. The highest BCUT2D eigenvalue weighted by Gasteiger charge is 1.87. The van der Waals surface area contributed by atoms with Crippen molar-refractivity contribution < 1.29 is 0 Å². The lowest BCUT2D eigenvalue weighted by molar-refractivity contribution is 1.64. The molecule has 0 aliphatic carbocycles. The normalized spacial score (nSPS) is 11.3. The predicted octanol–water partition coefficient (Wildman–Crippen LogP) is 3.58. The standard InChI is InChI=1S/C16H16N2/c17-15-9-3-7-13(11-15)5-1-2-6-14-8-4-10-16(18)12-14/h1-12H,17-18H2/b5-1+,6-2+. The molecule has 2 rings (SSSR count). The molecule has 0 heterocycles. The lowest BCUT2D eigenvalue weighted by Gasteiger charge is -1.95. The van der Waals surface area contributed by atoms with E-state index in [9.17, 15) is 0 Å². The number of nitrogen functional groups attached to an aromatic ring is 2. The zero-order valence-electron chi connectivity index (χ0n) is 10.1. The Labute approximate surface area is 107 Å². The molecular formula is C16H16N2. The highest BCUT2D eigenvalue weighted by atomic mass is 14.5. The van der Waals surface area contributed by atoms with Gasteiger partial charge in [-0.15, -0.1) is 0 Å². The molecule has 0 aliphatic heterocycles. The van der Waals surface area contributed by atoms with Crippen LogP contribution in [0.25, 0.3) is 12.2 Å². The van der Waals surface area contributed by atoms with Crippen LogP contribution in [0.15, 0.2) is 60.7 Å².